The van der Waals surface area contributed by atoms with Crippen molar-refractivity contribution in [1.29, 1.82) is 0 Å². The van der Waals surface area contributed by atoms with E-state index in [9.17, 15) is 4.79 Å². The van der Waals surface area contributed by atoms with Crippen LogP contribution in [-0.2, 0) is 4.79 Å². The Balaban J connectivity index is 1.96. The number of likely N-dealkylation sites (tertiary alicyclic amines) is 1. The monoisotopic (exact) mass is 238 g/mol. The van der Waals surface area contributed by atoms with E-state index in [0.29, 0.717) is 18.4 Å². The second-order valence-electron chi connectivity index (χ2n) is 5.36. The Morgan fingerprint density at radius 2 is 2.29 bits per heavy atom. The van der Waals surface area contributed by atoms with E-state index in [1.165, 1.54) is 12.8 Å². The van der Waals surface area contributed by atoms with Gasteiger partial charge in [0.15, 0.2) is 0 Å². The summed E-state index contributed by atoms with van der Waals surface area (Å²) in [6, 6.07) is 0. The van der Waals surface area contributed by atoms with Gasteiger partial charge in [-0.3, -0.25) is 4.79 Å². The van der Waals surface area contributed by atoms with Crippen molar-refractivity contribution >= 4 is 11.6 Å². The molecule has 2 unspecified atom stereocenters. The summed E-state index contributed by atoms with van der Waals surface area (Å²) in [5.41, 5.74) is 0.857. The molecule has 4 heteroatoms. The first-order valence-corrected chi connectivity index (χ1v) is 6.67. The first-order chi connectivity index (χ1) is 8.17. The molecule has 2 rings (SSSR count). The molecule has 2 fully saturated rings. The standard InChI is InChI=1S/C13H22N2O2/c1-3-10-8-15(7-6-12(10)14-17)13(16)9(2)11-4-5-11/h9-11,17H,3-8H2,1-2H3. The van der Waals surface area contributed by atoms with E-state index in [1.807, 2.05) is 4.90 Å². The van der Waals surface area contributed by atoms with Gasteiger partial charge in [-0.15, -0.1) is 0 Å². The number of hydrogen-bond acceptors (Lipinski definition) is 3. The van der Waals surface area contributed by atoms with Crippen molar-refractivity contribution < 1.29 is 10.0 Å². The van der Waals surface area contributed by atoms with Crippen LogP contribution in [0, 0.1) is 17.8 Å². The van der Waals surface area contributed by atoms with Crippen molar-refractivity contribution in [2.24, 2.45) is 22.9 Å². The highest BCUT2D eigenvalue weighted by molar-refractivity contribution is 5.89. The molecule has 1 saturated heterocycles. The SMILES string of the molecule is CCC1CN(C(=O)C(C)C2CC2)CCC1=NO. The first kappa shape index (κ1) is 12.4. The highest BCUT2D eigenvalue weighted by Crippen LogP contribution is 2.37. The van der Waals surface area contributed by atoms with Crippen molar-refractivity contribution in [2.45, 2.75) is 39.5 Å². The summed E-state index contributed by atoms with van der Waals surface area (Å²) in [5.74, 6) is 1.34. The predicted octanol–water partition coefficient (Wildman–Crippen LogP) is 2.12. The second kappa shape index (κ2) is 5.07. The molecule has 0 spiro atoms. The quantitative estimate of drug-likeness (QED) is 0.605. The van der Waals surface area contributed by atoms with Crippen LogP contribution in [0.15, 0.2) is 5.16 Å². The molecule has 2 atom stereocenters. The van der Waals surface area contributed by atoms with Crippen molar-refractivity contribution in [3.05, 3.63) is 0 Å². The Kier molecular flexibility index (Phi) is 3.69. The first-order valence-electron chi connectivity index (χ1n) is 6.67. The van der Waals surface area contributed by atoms with Crippen molar-refractivity contribution in [2.75, 3.05) is 13.1 Å². The number of amides is 1. The summed E-state index contributed by atoms with van der Waals surface area (Å²) in [5, 5.41) is 12.3. The summed E-state index contributed by atoms with van der Waals surface area (Å²) in [7, 11) is 0. The summed E-state index contributed by atoms with van der Waals surface area (Å²) in [6.07, 6.45) is 4.07. The van der Waals surface area contributed by atoms with Gasteiger partial charge in [-0.05, 0) is 25.2 Å². The molecule has 0 bridgehead atoms. The van der Waals surface area contributed by atoms with Crippen LogP contribution in [0.2, 0.25) is 0 Å². The average molecular weight is 238 g/mol. The average Bonchev–Trinajstić information content (AvgIpc) is 3.20. The lowest BCUT2D eigenvalue weighted by Crippen LogP contribution is -2.46. The van der Waals surface area contributed by atoms with Crippen LogP contribution in [0.3, 0.4) is 0 Å². The minimum absolute atomic E-state index is 0.181. The Hall–Kier alpha value is -1.06. The third-order valence-corrected chi connectivity index (χ3v) is 4.20. The molecule has 0 aromatic heterocycles. The van der Waals surface area contributed by atoms with E-state index in [0.717, 1.165) is 25.1 Å². The lowest BCUT2D eigenvalue weighted by atomic mass is 9.92. The maximum atomic E-state index is 12.3. The van der Waals surface area contributed by atoms with Gasteiger partial charge in [0.1, 0.15) is 0 Å². The van der Waals surface area contributed by atoms with Gasteiger partial charge in [0.05, 0.1) is 5.71 Å². The number of oxime groups is 1. The fraction of sp³-hybridized carbons (Fsp3) is 0.846. The minimum Gasteiger partial charge on any atom is -0.411 e. The number of piperidine rings is 1. The fourth-order valence-corrected chi connectivity index (χ4v) is 2.70. The third kappa shape index (κ3) is 2.61. The molecular formula is C13H22N2O2. The van der Waals surface area contributed by atoms with Gasteiger partial charge >= 0.3 is 0 Å². The van der Waals surface area contributed by atoms with Crippen LogP contribution in [0.1, 0.15) is 39.5 Å². The lowest BCUT2D eigenvalue weighted by Gasteiger charge is -2.34. The molecule has 1 aliphatic carbocycles. The second-order valence-corrected chi connectivity index (χ2v) is 5.36. The molecule has 1 amide bonds. The van der Waals surface area contributed by atoms with Gasteiger partial charge in [-0.1, -0.05) is 19.0 Å². The number of carbonyl (C=O) groups excluding carboxylic acids is 1. The fourth-order valence-electron chi connectivity index (χ4n) is 2.70. The molecule has 1 heterocycles. The molecular weight excluding hydrogens is 216 g/mol. The van der Waals surface area contributed by atoms with Crippen LogP contribution in [0.5, 0.6) is 0 Å². The van der Waals surface area contributed by atoms with E-state index in [-0.39, 0.29) is 11.8 Å². The van der Waals surface area contributed by atoms with Gasteiger partial charge < -0.3 is 10.1 Å². The van der Waals surface area contributed by atoms with Gasteiger partial charge in [-0.25, -0.2) is 0 Å². The van der Waals surface area contributed by atoms with Crippen molar-refractivity contribution in [3.63, 3.8) is 0 Å². The molecule has 0 radical (unpaired) electrons. The molecule has 0 aromatic rings. The van der Waals surface area contributed by atoms with E-state index >= 15 is 0 Å². The van der Waals surface area contributed by atoms with E-state index in [1.54, 1.807) is 0 Å². The number of carbonyl (C=O) groups is 1. The number of hydrogen-bond donors (Lipinski definition) is 1. The number of rotatable bonds is 3. The van der Waals surface area contributed by atoms with Gasteiger partial charge in [0.25, 0.3) is 0 Å². The van der Waals surface area contributed by atoms with Crippen molar-refractivity contribution in [3.8, 4) is 0 Å². The summed E-state index contributed by atoms with van der Waals surface area (Å²) < 4.78 is 0. The zero-order valence-corrected chi connectivity index (χ0v) is 10.7. The third-order valence-electron chi connectivity index (χ3n) is 4.20. The molecule has 96 valence electrons. The summed E-state index contributed by atoms with van der Waals surface area (Å²) >= 11 is 0. The Morgan fingerprint density at radius 1 is 1.59 bits per heavy atom. The van der Waals surface area contributed by atoms with E-state index in [2.05, 4.69) is 19.0 Å². The molecule has 0 aromatic carbocycles. The highest BCUT2D eigenvalue weighted by atomic mass is 16.4. The van der Waals surface area contributed by atoms with Crippen molar-refractivity contribution in [1.82, 2.24) is 4.90 Å². The topological polar surface area (TPSA) is 52.9 Å². The Labute approximate surface area is 103 Å². The molecule has 4 nitrogen and oxygen atoms in total. The van der Waals surface area contributed by atoms with E-state index in [4.69, 9.17) is 5.21 Å². The van der Waals surface area contributed by atoms with Gasteiger partial charge in [0, 0.05) is 31.3 Å². The molecule has 2 aliphatic rings. The lowest BCUT2D eigenvalue weighted by molar-refractivity contribution is -0.136. The minimum atomic E-state index is 0.181. The normalized spacial score (nSPS) is 29.4. The summed E-state index contributed by atoms with van der Waals surface area (Å²) in [4.78, 5) is 14.2. The number of nitrogens with zero attached hydrogens (tertiary/aromatic N) is 2. The smallest absolute Gasteiger partial charge is 0.225 e. The van der Waals surface area contributed by atoms with Crippen LogP contribution >= 0.6 is 0 Å². The molecule has 1 N–H and O–H groups in total. The van der Waals surface area contributed by atoms with Gasteiger partial charge in [-0.2, -0.15) is 0 Å². The van der Waals surface area contributed by atoms with Crippen LogP contribution in [-0.4, -0.2) is 34.8 Å². The molecule has 1 saturated carbocycles. The van der Waals surface area contributed by atoms with Crippen LogP contribution < -0.4 is 0 Å². The maximum Gasteiger partial charge on any atom is 0.225 e. The zero-order valence-electron chi connectivity index (χ0n) is 10.7. The Morgan fingerprint density at radius 3 is 2.82 bits per heavy atom. The van der Waals surface area contributed by atoms with Crippen LogP contribution in [0.25, 0.3) is 0 Å². The molecule has 1 aliphatic heterocycles. The highest BCUT2D eigenvalue weighted by Gasteiger charge is 2.37. The summed E-state index contributed by atoms with van der Waals surface area (Å²) in [6.45, 7) is 5.57. The predicted molar refractivity (Wildman–Crippen MR) is 66.1 cm³/mol. The zero-order chi connectivity index (χ0) is 12.4. The molecule has 17 heavy (non-hydrogen) atoms. The van der Waals surface area contributed by atoms with Crippen LogP contribution in [0.4, 0.5) is 0 Å². The largest absolute Gasteiger partial charge is 0.411 e. The Bertz CT molecular complexity index is 323. The van der Waals surface area contributed by atoms with Gasteiger partial charge in [0.2, 0.25) is 5.91 Å². The van der Waals surface area contributed by atoms with E-state index < -0.39 is 0 Å². The maximum absolute atomic E-state index is 12.3.